The third-order valence-electron chi connectivity index (χ3n) is 2.54. The molecule has 1 nitrogen and oxygen atoms in total. The minimum atomic E-state index is -0.125. The van der Waals surface area contributed by atoms with Crippen LogP contribution in [0.1, 0.15) is 33.1 Å². The molecule has 0 spiro atoms. The molecule has 1 heteroatoms. The smallest absolute Gasteiger partial charge is 0.0577 e. The molecule has 0 aromatic heterocycles. The summed E-state index contributed by atoms with van der Waals surface area (Å²) in [7, 11) is 0. The lowest BCUT2D eigenvalue weighted by molar-refractivity contribution is 0.117. The van der Waals surface area contributed by atoms with Gasteiger partial charge in [-0.05, 0) is 24.7 Å². The third kappa shape index (κ3) is 1.40. The van der Waals surface area contributed by atoms with Crippen LogP contribution in [-0.4, -0.2) is 11.2 Å². The van der Waals surface area contributed by atoms with Crippen LogP contribution in [0.25, 0.3) is 0 Å². The van der Waals surface area contributed by atoms with E-state index in [-0.39, 0.29) is 11.5 Å². The predicted molar refractivity (Wildman–Crippen MR) is 42.8 cm³/mol. The summed E-state index contributed by atoms with van der Waals surface area (Å²) in [5, 5.41) is 9.25. The molecule has 0 bridgehead atoms. The lowest BCUT2D eigenvalue weighted by atomic mass is 9.73. The van der Waals surface area contributed by atoms with Crippen molar-refractivity contribution in [3.8, 4) is 0 Å². The highest BCUT2D eigenvalue weighted by atomic mass is 16.3. The van der Waals surface area contributed by atoms with Gasteiger partial charge in [-0.2, -0.15) is 0 Å². The molecule has 0 amide bonds. The van der Waals surface area contributed by atoms with Crippen molar-refractivity contribution in [3.05, 3.63) is 12.2 Å². The Labute approximate surface area is 62.8 Å². The molecule has 0 heterocycles. The minimum absolute atomic E-state index is 0.125. The molecule has 1 saturated carbocycles. The number of hydrogen-bond acceptors (Lipinski definition) is 1. The first-order valence-corrected chi connectivity index (χ1v) is 3.89. The van der Waals surface area contributed by atoms with Gasteiger partial charge in [-0.1, -0.05) is 26.0 Å². The summed E-state index contributed by atoms with van der Waals surface area (Å²) in [5.41, 5.74) is 1.46. The van der Waals surface area contributed by atoms with Crippen LogP contribution in [0.5, 0.6) is 0 Å². The van der Waals surface area contributed by atoms with Crippen molar-refractivity contribution in [1.29, 1.82) is 0 Å². The second kappa shape index (κ2) is 2.39. The highest BCUT2D eigenvalue weighted by molar-refractivity contribution is 5.11. The van der Waals surface area contributed by atoms with Crippen molar-refractivity contribution in [2.75, 3.05) is 0 Å². The first-order valence-electron chi connectivity index (χ1n) is 3.89. The van der Waals surface area contributed by atoms with Gasteiger partial charge < -0.3 is 5.11 Å². The molecule has 0 aromatic carbocycles. The SMILES string of the molecule is C=C1C[C@@H](O)CCC1(C)C. The molecule has 1 aliphatic carbocycles. The first kappa shape index (κ1) is 7.80. The normalized spacial score (nSPS) is 32.3. The van der Waals surface area contributed by atoms with Gasteiger partial charge in [0.15, 0.2) is 0 Å². The van der Waals surface area contributed by atoms with E-state index in [1.807, 2.05) is 0 Å². The molecular formula is C9H16O. The zero-order valence-corrected chi connectivity index (χ0v) is 6.85. The summed E-state index contributed by atoms with van der Waals surface area (Å²) in [6.45, 7) is 8.35. The molecule has 1 fully saturated rings. The Bertz CT molecular complexity index is 147. The lowest BCUT2D eigenvalue weighted by Gasteiger charge is -2.34. The maximum atomic E-state index is 9.25. The van der Waals surface area contributed by atoms with Crippen molar-refractivity contribution >= 4 is 0 Å². The van der Waals surface area contributed by atoms with Crippen molar-refractivity contribution in [3.63, 3.8) is 0 Å². The van der Waals surface area contributed by atoms with Gasteiger partial charge in [0, 0.05) is 0 Å². The minimum Gasteiger partial charge on any atom is -0.393 e. The molecule has 1 atom stereocenters. The number of aliphatic hydroxyl groups excluding tert-OH is 1. The van der Waals surface area contributed by atoms with Gasteiger partial charge in [0.2, 0.25) is 0 Å². The predicted octanol–water partition coefficient (Wildman–Crippen LogP) is 2.11. The molecule has 0 aromatic rings. The second-order valence-electron chi connectivity index (χ2n) is 3.88. The monoisotopic (exact) mass is 140 g/mol. The largest absolute Gasteiger partial charge is 0.393 e. The van der Waals surface area contributed by atoms with Crippen molar-refractivity contribution in [1.82, 2.24) is 0 Å². The molecule has 0 aliphatic heterocycles. The van der Waals surface area contributed by atoms with E-state index >= 15 is 0 Å². The molecule has 58 valence electrons. The lowest BCUT2D eigenvalue weighted by Crippen LogP contribution is -2.26. The summed E-state index contributed by atoms with van der Waals surface area (Å²) in [5.74, 6) is 0. The standard InChI is InChI=1S/C9H16O/c1-7-6-8(10)4-5-9(7,2)3/h8,10H,1,4-6H2,2-3H3/t8-/m0/s1. The molecule has 1 rings (SSSR count). The average molecular weight is 140 g/mol. The highest BCUT2D eigenvalue weighted by Crippen LogP contribution is 2.38. The number of rotatable bonds is 0. The quantitative estimate of drug-likeness (QED) is 0.511. The molecule has 0 radical (unpaired) electrons. The topological polar surface area (TPSA) is 20.2 Å². The summed E-state index contributed by atoms with van der Waals surface area (Å²) < 4.78 is 0. The van der Waals surface area contributed by atoms with Crippen molar-refractivity contribution in [2.45, 2.75) is 39.2 Å². The fraction of sp³-hybridized carbons (Fsp3) is 0.778. The van der Waals surface area contributed by atoms with E-state index in [0.29, 0.717) is 0 Å². The Hall–Kier alpha value is -0.300. The van der Waals surface area contributed by atoms with Crippen molar-refractivity contribution < 1.29 is 5.11 Å². The Balaban J connectivity index is 2.61. The van der Waals surface area contributed by atoms with Crippen LogP contribution in [0, 0.1) is 5.41 Å². The fourth-order valence-electron chi connectivity index (χ4n) is 1.37. The van der Waals surface area contributed by atoms with Gasteiger partial charge in [0.05, 0.1) is 6.10 Å². The molecule has 1 N–H and O–H groups in total. The summed E-state index contributed by atoms with van der Waals surface area (Å²) in [6.07, 6.45) is 2.69. The van der Waals surface area contributed by atoms with Crippen LogP contribution in [0.2, 0.25) is 0 Å². The maximum absolute atomic E-state index is 9.25. The van der Waals surface area contributed by atoms with Crippen LogP contribution in [0.4, 0.5) is 0 Å². The van der Waals surface area contributed by atoms with E-state index < -0.39 is 0 Å². The Morgan fingerprint density at radius 2 is 2.20 bits per heavy atom. The fourth-order valence-corrected chi connectivity index (χ4v) is 1.37. The summed E-state index contributed by atoms with van der Waals surface area (Å²) in [6, 6.07) is 0. The number of aliphatic hydroxyl groups is 1. The molecule has 1 aliphatic rings. The van der Waals surface area contributed by atoms with E-state index in [1.54, 1.807) is 0 Å². The second-order valence-corrected chi connectivity index (χ2v) is 3.88. The van der Waals surface area contributed by atoms with E-state index in [1.165, 1.54) is 5.57 Å². The maximum Gasteiger partial charge on any atom is 0.0577 e. The van der Waals surface area contributed by atoms with Crippen LogP contribution in [-0.2, 0) is 0 Å². The summed E-state index contributed by atoms with van der Waals surface area (Å²) >= 11 is 0. The van der Waals surface area contributed by atoms with Crippen LogP contribution in [0.3, 0.4) is 0 Å². The van der Waals surface area contributed by atoms with E-state index in [4.69, 9.17) is 0 Å². The first-order chi connectivity index (χ1) is 4.52. The Morgan fingerprint density at radius 1 is 1.60 bits per heavy atom. The zero-order valence-electron chi connectivity index (χ0n) is 6.85. The molecule has 10 heavy (non-hydrogen) atoms. The molecule has 0 saturated heterocycles. The number of hydrogen-bond donors (Lipinski definition) is 1. The average Bonchev–Trinajstić information content (AvgIpc) is 1.81. The molecule has 0 unspecified atom stereocenters. The van der Waals surface area contributed by atoms with Gasteiger partial charge in [-0.3, -0.25) is 0 Å². The van der Waals surface area contributed by atoms with Gasteiger partial charge in [0.1, 0.15) is 0 Å². The van der Waals surface area contributed by atoms with Crippen molar-refractivity contribution in [2.24, 2.45) is 5.41 Å². The van der Waals surface area contributed by atoms with Crippen LogP contribution < -0.4 is 0 Å². The zero-order chi connectivity index (χ0) is 7.78. The van der Waals surface area contributed by atoms with Gasteiger partial charge >= 0.3 is 0 Å². The van der Waals surface area contributed by atoms with Crippen LogP contribution >= 0.6 is 0 Å². The van der Waals surface area contributed by atoms with E-state index in [2.05, 4.69) is 20.4 Å². The van der Waals surface area contributed by atoms with Gasteiger partial charge in [-0.15, -0.1) is 0 Å². The Kier molecular flexibility index (Phi) is 1.86. The van der Waals surface area contributed by atoms with E-state index in [9.17, 15) is 5.11 Å². The Morgan fingerprint density at radius 3 is 2.60 bits per heavy atom. The van der Waals surface area contributed by atoms with Crippen LogP contribution in [0.15, 0.2) is 12.2 Å². The third-order valence-corrected chi connectivity index (χ3v) is 2.54. The van der Waals surface area contributed by atoms with E-state index in [0.717, 1.165) is 19.3 Å². The van der Waals surface area contributed by atoms with Gasteiger partial charge in [-0.25, -0.2) is 0 Å². The summed E-state index contributed by atoms with van der Waals surface area (Å²) in [4.78, 5) is 0. The van der Waals surface area contributed by atoms with Gasteiger partial charge in [0.25, 0.3) is 0 Å². The highest BCUT2D eigenvalue weighted by Gasteiger charge is 2.28. The molecular weight excluding hydrogens is 124 g/mol.